The molecule has 1 aliphatic rings. The van der Waals surface area contributed by atoms with Crippen LogP contribution in [0, 0.1) is 17.7 Å². The first kappa shape index (κ1) is 25.0. The van der Waals surface area contributed by atoms with Gasteiger partial charge in [0.05, 0.1) is 11.8 Å². The number of nitrogens with one attached hydrogen (secondary N) is 3. The molecule has 0 aliphatic heterocycles. The molecule has 2 atom stereocenters. The lowest BCUT2D eigenvalue weighted by Gasteiger charge is -2.30. The predicted molar refractivity (Wildman–Crippen MR) is 131 cm³/mol. The molecule has 1 aliphatic carbocycles. The van der Waals surface area contributed by atoms with Crippen LogP contribution in [0.15, 0.2) is 48.5 Å². The molecule has 2 amide bonds. The number of hydrogen-bond acceptors (Lipinski definition) is 3. The fraction of sp³-hybridized carbons (Fsp3) is 0.462. The fourth-order valence-corrected chi connectivity index (χ4v) is 4.49. The van der Waals surface area contributed by atoms with Gasteiger partial charge in [0, 0.05) is 30.3 Å². The molecule has 1 fully saturated rings. The summed E-state index contributed by atoms with van der Waals surface area (Å²) in [7, 11) is 0. The van der Waals surface area contributed by atoms with E-state index in [9.17, 15) is 14.0 Å². The van der Waals surface area contributed by atoms with Crippen LogP contribution in [0.2, 0.25) is 5.02 Å². The molecule has 0 saturated heterocycles. The lowest BCUT2D eigenvalue weighted by atomic mass is 9.79. The molecule has 0 radical (unpaired) electrons. The standard InChI is InChI=1S/C26H33ClFN3O2/c1-18(19-7-9-21(27)10-8-19)25(32)31-17-24(20-5-3-2-4-6-20)26(33)30-16-15-29-23-13-11-22(28)12-14-23/h7-14,18,20,24,29H,2-6,15-17H2,1H3,(H,30,33)(H,31,32). The number of anilines is 1. The molecule has 1 saturated carbocycles. The molecule has 33 heavy (non-hydrogen) atoms. The number of carbonyl (C=O) groups excluding carboxylic acids is 2. The van der Waals surface area contributed by atoms with Crippen molar-refractivity contribution in [1.82, 2.24) is 10.6 Å². The molecule has 0 bridgehead atoms. The average Bonchev–Trinajstić information content (AvgIpc) is 2.83. The topological polar surface area (TPSA) is 70.2 Å². The molecule has 5 nitrogen and oxygen atoms in total. The zero-order valence-corrected chi connectivity index (χ0v) is 19.8. The van der Waals surface area contributed by atoms with Crippen LogP contribution in [0.4, 0.5) is 10.1 Å². The first-order valence-electron chi connectivity index (χ1n) is 11.7. The van der Waals surface area contributed by atoms with Crippen molar-refractivity contribution in [3.63, 3.8) is 0 Å². The Balaban J connectivity index is 1.52. The van der Waals surface area contributed by atoms with E-state index in [1.807, 2.05) is 19.1 Å². The zero-order chi connectivity index (χ0) is 23.6. The minimum absolute atomic E-state index is 0.0257. The number of rotatable bonds is 10. The van der Waals surface area contributed by atoms with Crippen LogP contribution >= 0.6 is 11.6 Å². The Bertz CT molecular complexity index is 899. The van der Waals surface area contributed by atoms with Gasteiger partial charge in [-0.2, -0.15) is 0 Å². The fourth-order valence-electron chi connectivity index (χ4n) is 4.37. The van der Waals surface area contributed by atoms with E-state index in [1.54, 1.807) is 24.3 Å². The normalized spacial score (nSPS) is 16.0. The highest BCUT2D eigenvalue weighted by atomic mass is 35.5. The van der Waals surface area contributed by atoms with E-state index in [0.717, 1.165) is 36.9 Å². The van der Waals surface area contributed by atoms with Gasteiger partial charge in [0.1, 0.15) is 5.82 Å². The molecular weight excluding hydrogens is 441 g/mol. The third kappa shape index (κ3) is 7.74. The van der Waals surface area contributed by atoms with Crippen molar-refractivity contribution in [1.29, 1.82) is 0 Å². The van der Waals surface area contributed by atoms with Crippen LogP contribution < -0.4 is 16.0 Å². The van der Waals surface area contributed by atoms with E-state index in [1.165, 1.54) is 18.6 Å². The summed E-state index contributed by atoms with van der Waals surface area (Å²) in [5, 5.41) is 9.83. The molecule has 7 heteroatoms. The van der Waals surface area contributed by atoms with Crippen LogP contribution in [-0.4, -0.2) is 31.4 Å². The second-order valence-electron chi connectivity index (χ2n) is 8.75. The number of halogens is 2. The molecular formula is C26H33ClFN3O2. The van der Waals surface area contributed by atoms with Gasteiger partial charge in [-0.25, -0.2) is 4.39 Å². The zero-order valence-electron chi connectivity index (χ0n) is 19.1. The third-order valence-electron chi connectivity index (χ3n) is 6.41. The molecule has 0 spiro atoms. The lowest BCUT2D eigenvalue weighted by Crippen LogP contribution is -2.44. The van der Waals surface area contributed by atoms with Gasteiger partial charge in [0.15, 0.2) is 0 Å². The summed E-state index contributed by atoms with van der Waals surface area (Å²) in [6, 6.07) is 13.4. The van der Waals surface area contributed by atoms with E-state index in [2.05, 4.69) is 16.0 Å². The van der Waals surface area contributed by atoms with Crippen LogP contribution in [0.1, 0.15) is 50.5 Å². The van der Waals surface area contributed by atoms with E-state index < -0.39 is 0 Å². The Hall–Kier alpha value is -2.60. The molecule has 3 rings (SSSR count). The van der Waals surface area contributed by atoms with Gasteiger partial charge in [-0.1, -0.05) is 43.0 Å². The second-order valence-corrected chi connectivity index (χ2v) is 9.18. The average molecular weight is 474 g/mol. The summed E-state index contributed by atoms with van der Waals surface area (Å²) in [5.41, 5.74) is 1.69. The number of carbonyl (C=O) groups is 2. The van der Waals surface area contributed by atoms with Gasteiger partial charge in [0.25, 0.3) is 0 Å². The van der Waals surface area contributed by atoms with E-state index in [0.29, 0.717) is 24.7 Å². The maximum absolute atomic E-state index is 13.0. The van der Waals surface area contributed by atoms with Gasteiger partial charge in [-0.05, 0) is 67.6 Å². The number of amides is 2. The molecule has 178 valence electrons. The van der Waals surface area contributed by atoms with Crippen LogP contribution in [-0.2, 0) is 9.59 Å². The largest absolute Gasteiger partial charge is 0.383 e. The Labute approximate surface area is 200 Å². The molecule has 0 heterocycles. The van der Waals surface area contributed by atoms with Crippen molar-refractivity contribution in [3.8, 4) is 0 Å². The van der Waals surface area contributed by atoms with Crippen LogP contribution in [0.3, 0.4) is 0 Å². The Kier molecular flexibility index (Phi) is 9.55. The smallest absolute Gasteiger partial charge is 0.227 e. The maximum Gasteiger partial charge on any atom is 0.227 e. The van der Waals surface area contributed by atoms with Crippen molar-refractivity contribution >= 4 is 29.1 Å². The SMILES string of the molecule is CC(C(=O)NCC(C(=O)NCCNc1ccc(F)cc1)C1CCCCC1)c1ccc(Cl)cc1. The van der Waals surface area contributed by atoms with Crippen molar-refractivity contribution in [2.24, 2.45) is 11.8 Å². The second kappa shape index (κ2) is 12.6. The Morgan fingerprint density at radius 2 is 1.61 bits per heavy atom. The van der Waals surface area contributed by atoms with E-state index in [4.69, 9.17) is 11.6 Å². The van der Waals surface area contributed by atoms with Gasteiger partial charge < -0.3 is 16.0 Å². The predicted octanol–water partition coefficient (Wildman–Crippen LogP) is 5.12. The summed E-state index contributed by atoms with van der Waals surface area (Å²) < 4.78 is 13.0. The summed E-state index contributed by atoms with van der Waals surface area (Å²) in [6.45, 7) is 3.18. The van der Waals surface area contributed by atoms with Gasteiger partial charge in [-0.15, -0.1) is 0 Å². The highest BCUT2D eigenvalue weighted by molar-refractivity contribution is 6.30. The summed E-state index contributed by atoms with van der Waals surface area (Å²) in [4.78, 5) is 25.8. The lowest BCUT2D eigenvalue weighted by molar-refractivity contribution is -0.127. The summed E-state index contributed by atoms with van der Waals surface area (Å²) in [5.74, 6) is -0.701. The van der Waals surface area contributed by atoms with Crippen LogP contribution in [0.5, 0.6) is 0 Å². The van der Waals surface area contributed by atoms with Crippen molar-refractivity contribution in [2.45, 2.75) is 44.9 Å². The number of benzene rings is 2. The molecule has 2 aromatic carbocycles. The number of hydrogen-bond donors (Lipinski definition) is 3. The first-order valence-corrected chi connectivity index (χ1v) is 12.1. The molecule has 0 aromatic heterocycles. The first-order chi connectivity index (χ1) is 15.9. The summed E-state index contributed by atoms with van der Waals surface area (Å²) >= 11 is 5.95. The molecule has 2 aromatic rings. The van der Waals surface area contributed by atoms with Gasteiger partial charge >= 0.3 is 0 Å². The van der Waals surface area contributed by atoms with Crippen molar-refractivity contribution < 1.29 is 14.0 Å². The Morgan fingerprint density at radius 1 is 0.939 bits per heavy atom. The third-order valence-corrected chi connectivity index (χ3v) is 6.66. The quantitative estimate of drug-likeness (QED) is 0.419. The van der Waals surface area contributed by atoms with E-state index >= 15 is 0 Å². The highest BCUT2D eigenvalue weighted by Crippen LogP contribution is 2.30. The maximum atomic E-state index is 13.0. The van der Waals surface area contributed by atoms with E-state index in [-0.39, 0.29) is 35.4 Å². The minimum Gasteiger partial charge on any atom is -0.383 e. The molecule has 2 unspecified atom stereocenters. The van der Waals surface area contributed by atoms with Gasteiger partial charge in [-0.3, -0.25) is 9.59 Å². The monoisotopic (exact) mass is 473 g/mol. The highest BCUT2D eigenvalue weighted by Gasteiger charge is 2.30. The van der Waals surface area contributed by atoms with Crippen LogP contribution in [0.25, 0.3) is 0 Å². The summed E-state index contributed by atoms with van der Waals surface area (Å²) in [6.07, 6.45) is 5.46. The van der Waals surface area contributed by atoms with Gasteiger partial charge in [0.2, 0.25) is 11.8 Å². The molecule has 3 N–H and O–H groups in total. The van der Waals surface area contributed by atoms with Crippen molar-refractivity contribution in [3.05, 3.63) is 64.9 Å². The minimum atomic E-state index is -0.322. The van der Waals surface area contributed by atoms with Crippen molar-refractivity contribution in [2.75, 3.05) is 25.0 Å². The Morgan fingerprint density at radius 3 is 2.27 bits per heavy atom.